The van der Waals surface area contributed by atoms with E-state index in [1.807, 2.05) is 22.6 Å². The lowest BCUT2D eigenvalue weighted by molar-refractivity contribution is -0.331. The molecule has 1 aromatic carbocycles. The van der Waals surface area contributed by atoms with Crippen LogP contribution in [0.25, 0.3) is 0 Å². The Hall–Kier alpha value is -0.960. The largest absolute Gasteiger partial charge is 0.544 e. The van der Waals surface area contributed by atoms with E-state index in [0.29, 0.717) is 8.59 Å². The normalized spacial score (nSPS) is 11.1. The predicted molar refractivity (Wildman–Crippen MR) is 64.4 cm³/mol. The van der Waals surface area contributed by atoms with E-state index in [-0.39, 0.29) is 5.56 Å². The van der Waals surface area contributed by atoms with Crippen molar-refractivity contribution in [3.63, 3.8) is 0 Å². The van der Waals surface area contributed by atoms with Gasteiger partial charge < -0.3 is 14.6 Å². The molecule has 0 aliphatic heterocycles. The van der Waals surface area contributed by atoms with Crippen molar-refractivity contribution in [3.8, 4) is 0 Å². The van der Waals surface area contributed by atoms with Crippen LogP contribution in [-0.4, -0.2) is 24.5 Å². The number of halogens is 4. The first kappa shape index (κ1) is 15.1. The third-order valence-electron chi connectivity index (χ3n) is 1.84. The molecule has 0 atom stereocenters. The van der Waals surface area contributed by atoms with Crippen molar-refractivity contribution in [2.45, 2.75) is 5.92 Å². The molecule has 0 saturated carbocycles. The molecule has 0 aliphatic carbocycles. The molecule has 4 nitrogen and oxygen atoms in total. The van der Waals surface area contributed by atoms with Gasteiger partial charge in [0, 0.05) is 3.57 Å². The fourth-order valence-electron chi connectivity index (χ4n) is 0.922. The minimum atomic E-state index is -4.21. The lowest BCUT2D eigenvalue weighted by Gasteiger charge is -2.16. The van der Waals surface area contributed by atoms with Gasteiger partial charge in [-0.1, -0.05) is 11.6 Å². The smallest absolute Gasteiger partial charge is 0.338 e. The summed E-state index contributed by atoms with van der Waals surface area (Å²) in [5, 5.41) is 10.4. The molecule has 8 heteroatoms. The van der Waals surface area contributed by atoms with E-state index in [9.17, 15) is 23.5 Å². The fraction of sp³-hybridized carbons (Fsp3) is 0.200. The lowest BCUT2D eigenvalue weighted by Crippen LogP contribution is -2.45. The second kappa shape index (κ2) is 5.79. The van der Waals surface area contributed by atoms with Gasteiger partial charge in [0.05, 0.1) is 10.6 Å². The molecule has 0 bridgehead atoms. The van der Waals surface area contributed by atoms with Gasteiger partial charge >= 0.3 is 11.9 Å². The Morgan fingerprint density at radius 1 is 1.44 bits per heavy atom. The van der Waals surface area contributed by atoms with Crippen molar-refractivity contribution in [3.05, 3.63) is 32.4 Å². The number of carbonyl (C=O) groups is 2. The molecule has 18 heavy (non-hydrogen) atoms. The molecule has 0 amide bonds. The highest BCUT2D eigenvalue weighted by Gasteiger charge is 2.33. The summed E-state index contributed by atoms with van der Waals surface area (Å²) in [6.45, 7) is -1.58. The van der Waals surface area contributed by atoms with Crippen LogP contribution in [0.4, 0.5) is 8.78 Å². The van der Waals surface area contributed by atoms with Crippen LogP contribution in [0.3, 0.4) is 0 Å². The van der Waals surface area contributed by atoms with Gasteiger partial charge in [0.2, 0.25) is 0 Å². The number of hydrogen-bond donors (Lipinski definition) is 0. The van der Waals surface area contributed by atoms with Gasteiger partial charge in [-0.25, -0.2) is 4.79 Å². The molecule has 0 saturated heterocycles. The molecule has 0 fully saturated rings. The molecule has 0 radical (unpaired) electrons. The average molecular weight is 389 g/mol. The van der Waals surface area contributed by atoms with Crippen LogP contribution in [0.15, 0.2) is 18.2 Å². The number of aliphatic carboxylic acids is 1. The van der Waals surface area contributed by atoms with Gasteiger partial charge in [-0.05, 0) is 40.8 Å². The Bertz CT molecular complexity index is 493. The zero-order chi connectivity index (χ0) is 13.9. The van der Waals surface area contributed by atoms with E-state index < -0.39 is 24.5 Å². The fourth-order valence-corrected chi connectivity index (χ4v) is 1.55. The second-order valence-corrected chi connectivity index (χ2v) is 4.77. The first-order chi connectivity index (χ1) is 8.24. The second-order valence-electron chi connectivity index (χ2n) is 3.20. The van der Waals surface area contributed by atoms with Gasteiger partial charge in [-0.3, -0.25) is 0 Å². The standard InChI is InChI=1S/C10H6ClF2IO4/c11-6-2-1-5(3-7(6)14)8(15)18-4-10(12,13)9(16)17/h1-3H,4H2,(H,16,17)/p-1. The van der Waals surface area contributed by atoms with E-state index in [4.69, 9.17) is 11.6 Å². The van der Waals surface area contributed by atoms with Crippen LogP contribution < -0.4 is 5.11 Å². The van der Waals surface area contributed by atoms with E-state index >= 15 is 0 Å². The molecular formula is C10H5ClF2IO4-. The Morgan fingerprint density at radius 2 is 2.06 bits per heavy atom. The van der Waals surface area contributed by atoms with Crippen LogP contribution in [0.2, 0.25) is 5.02 Å². The number of hydrogen-bond acceptors (Lipinski definition) is 4. The number of carboxylic acids is 1. The maximum atomic E-state index is 12.6. The summed E-state index contributed by atoms with van der Waals surface area (Å²) in [6.07, 6.45) is 0. The van der Waals surface area contributed by atoms with Gasteiger partial charge in [-0.2, -0.15) is 8.78 Å². The van der Waals surface area contributed by atoms with E-state index in [1.54, 1.807) is 0 Å². The van der Waals surface area contributed by atoms with Gasteiger partial charge in [0.15, 0.2) is 6.61 Å². The topological polar surface area (TPSA) is 66.4 Å². The summed E-state index contributed by atoms with van der Waals surface area (Å²) in [6, 6.07) is 4.02. The SMILES string of the molecule is O=C(OCC(F)(F)C(=O)[O-])c1ccc(Cl)c(I)c1. The minimum absolute atomic E-state index is 0.00190. The van der Waals surface area contributed by atoms with E-state index in [0.717, 1.165) is 0 Å². The average Bonchev–Trinajstić information content (AvgIpc) is 2.29. The van der Waals surface area contributed by atoms with Crippen molar-refractivity contribution >= 4 is 46.1 Å². The number of alkyl halides is 2. The highest BCUT2D eigenvalue weighted by Crippen LogP contribution is 2.20. The Morgan fingerprint density at radius 3 is 2.56 bits per heavy atom. The quantitative estimate of drug-likeness (QED) is 0.578. The molecule has 0 aliphatic rings. The highest BCUT2D eigenvalue weighted by molar-refractivity contribution is 14.1. The summed E-state index contributed by atoms with van der Waals surface area (Å²) in [4.78, 5) is 21.4. The van der Waals surface area contributed by atoms with Crippen LogP contribution >= 0.6 is 34.2 Å². The zero-order valence-corrected chi connectivity index (χ0v) is 11.5. The number of ether oxygens (including phenoxy) is 1. The Kier molecular flexibility index (Phi) is 4.85. The van der Waals surface area contributed by atoms with Crippen molar-refractivity contribution in [2.24, 2.45) is 0 Å². The molecule has 98 valence electrons. The van der Waals surface area contributed by atoms with Crippen molar-refractivity contribution in [2.75, 3.05) is 6.61 Å². The van der Waals surface area contributed by atoms with Crippen LogP contribution in [0.1, 0.15) is 10.4 Å². The Balaban J connectivity index is 2.72. The molecule has 0 N–H and O–H groups in total. The molecule has 0 spiro atoms. The van der Waals surface area contributed by atoms with E-state index in [2.05, 4.69) is 4.74 Å². The third kappa shape index (κ3) is 3.77. The third-order valence-corrected chi connectivity index (χ3v) is 3.38. The van der Waals surface area contributed by atoms with Crippen molar-refractivity contribution in [1.82, 2.24) is 0 Å². The maximum Gasteiger partial charge on any atom is 0.338 e. The lowest BCUT2D eigenvalue weighted by atomic mass is 10.2. The summed E-state index contributed by atoms with van der Waals surface area (Å²) < 4.78 is 29.9. The number of carboxylic acid groups (broad SMARTS) is 1. The first-order valence-corrected chi connectivity index (χ1v) is 5.91. The van der Waals surface area contributed by atoms with Crippen LogP contribution in [-0.2, 0) is 9.53 Å². The number of esters is 1. The summed E-state index contributed by atoms with van der Waals surface area (Å²) >= 11 is 7.56. The zero-order valence-electron chi connectivity index (χ0n) is 8.58. The first-order valence-electron chi connectivity index (χ1n) is 4.45. The summed E-state index contributed by atoms with van der Waals surface area (Å²) in [5.41, 5.74) is -0.00190. The number of rotatable bonds is 4. The van der Waals surface area contributed by atoms with Gasteiger partial charge in [-0.15, -0.1) is 0 Å². The predicted octanol–water partition coefficient (Wildman–Crippen LogP) is 1.49. The molecular weight excluding hydrogens is 384 g/mol. The summed E-state index contributed by atoms with van der Waals surface area (Å²) in [5.74, 6) is -7.87. The van der Waals surface area contributed by atoms with E-state index in [1.165, 1.54) is 18.2 Å². The minimum Gasteiger partial charge on any atom is -0.544 e. The molecule has 1 aromatic rings. The number of benzene rings is 1. The highest BCUT2D eigenvalue weighted by atomic mass is 127. The van der Waals surface area contributed by atoms with Crippen LogP contribution in [0.5, 0.6) is 0 Å². The molecule has 0 heterocycles. The molecule has 0 aromatic heterocycles. The number of carbonyl (C=O) groups excluding carboxylic acids is 2. The molecule has 1 rings (SSSR count). The Labute approximate surface area is 119 Å². The van der Waals surface area contributed by atoms with Crippen molar-refractivity contribution in [1.29, 1.82) is 0 Å². The monoisotopic (exact) mass is 389 g/mol. The summed E-state index contributed by atoms with van der Waals surface area (Å²) in [7, 11) is 0. The maximum absolute atomic E-state index is 12.6. The molecule has 0 unspecified atom stereocenters. The van der Waals surface area contributed by atoms with Gasteiger partial charge in [0.25, 0.3) is 0 Å². The van der Waals surface area contributed by atoms with Crippen LogP contribution in [0, 0.1) is 3.57 Å². The van der Waals surface area contributed by atoms with Gasteiger partial charge in [0.1, 0.15) is 5.97 Å². The van der Waals surface area contributed by atoms with Crippen molar-refractivity contribution < 1.29 is 28.2 Å².